The molecule has 2 aromatic rings. The van der Waals surface area contributed by atoms with Crippen molar-refractivity contribution in [3.63, 3.8) is 0 Å². The van der Waals surface area contributed by atoms with Crippen molar-refractivity contribution in [2.24, 2.45) is 5.73 Å². The van der Waals surface area contributed by atoms with Gasteiger partial charge in [-0.3, -0.25) is 0 Å². The molecule has 2 atom stereocenters. The summed E-state index contributed by atoms with van der Waals surface area (Å²) in [5, 5.41) is 8.07. The normalized spacial score (nSPS) is 14.3. The predicted molar refractivity (Wildman–Crippen MR) is 72.3 cm³/mol. The molecule has 102 valence electrons. The summed E-state index contributed by atoms with van der Waals surface area (Å²) in [5.41, 5.74) is 6.95. The first kappa shape index (κ1) is 14.0. The van der Waals surface area contributed by atoms with Crippen molar-refractivity contribution < 1.29 is 8.81 Å². The van der Waals surface area contributed by atoms with Gasteiger partial charge in [-0.05, 0) is 24.1 Å². The summed E-state index contributed by atoms with van der Waals surface area (Å²) >= 11 is 1.37. The minimum absolute atomic E-state index is 0.111. The molecule has 0 bridgehead atoms. The molecule has 2 unspecified atom stereocenters. The molecule has 6 heteroatoms. The Bertz CT molecular complexity index is 546. The maximum atomic E-state index is 13.3. The highest BCUT2D eigenvalue weighted by Gasteiger charge is 2.23. The quantitative estimate of drug-likeness (QED) is 0.853. The summed E-state index contributed by atoms with van der Waals surface area (Å²) in [7, 11) is 0. The van der Waals surface area contributed by atoms with E-state index in [1.807, 2.05) is 13.0 Å². The number of aryl methyl sites for hydroxylation is 1. The van der Waals surface area contributed by atoms with E-state index in [9.17, 15) is 4.39 Å². The van der Waals surface area contributed by atoms with Gasteiger partial charge in [0.05, 0.1) is 5.25 Å². The maximum absolute atomic E-state index is 13.3. The first-order valence-electron chi connectivity index (χ1n) is 6.08. The molecule has 0 spiro atoms. The summed E-state index contributed by atoms with van der Waals surface area (Å²) in [5.74, 6) is 0.235. The van der Waals surface area contributed by atoms with Crippen LogP contribution < -0.4 is 5.73 Å². The van der Waals surface area contributed by atoms with Crippen LogP contribution >= 0.6 is 11.8 Å². The Morgan fingerprint density at radius 2 is 2.21 bits per heavy atom. The van der Waals surface area contributed by atoms with Crippen molar-refractivity contribution in [2.75, 3.05) is 0 Å². The first-order valence-corrected chi connectivity index (χ1v) is 6.96. The zero-order chi connectivity index (χ0) is 13.8. The molecule has 0 saturated heterocycles. The van der Waals surface area contributed by atoms with Gasteiger partial charge >= 0.3 is 0 Å². The lowest BCUT2D eigenvalue weighted by atomic mass is 10.0. The van der Waals surface area contributed by atoms with Gasteiger partial charge in [0.25, 0.3) is 5.22 Å². The number of thioether (sulfide) groups is 1. The van der Waals surface area contributed by atoms with Crippen molar-refractivity contribution in [3.05, 3.63) is 41.5 Å². The van der Waals surface area contributed by atoms with Gasteiger partial charge in [-0.1, -0.05) is 30.8 Å². The van der Waals surface area contributed by atoms with E-state index in [1.165, 1.54) is 23.9 Å². The van der Waals surface area contributed by atoms with Crippen LogP contribution in [0.15, 0.2) is 33.9 Å². The van der Waals surface area contributed by atoms with Crippen LogP contribution in [-0.4, -0.2) is 16.2 Å². The Balaban J connectivity index is 2.25. The standard InChI is InChI=1S/C13H16FN3OS/c1-3-11(15)12(9-5-4-6-10(14)7-9)19-13-17-16-8(2)18-13/h4-7,11-12H,3,15H2,1-2H3. The molecule has 0 aliphatic rings. The molecule has 0 radical (unpaired) electrons. The molecular weight excluding hydrogens is 265 g/mol. The lowest BCUT2D eigenvalue weighted by molar-refractivity contribution is 0.427. The Hall–Kier alpha value is -1.40. The van der Waals surface area contributed by atoms with Gasteiger partial charge < -0.3 is 10.2 Å². The van der Waals surface area contributed by atoms with E-state index in [-0.39, 0.29) is 17.1 Å². The zero-order valence-corrected chi connectivity index (χ0v) is 11.7. The topological polar surface area (TPSA) is 64.9 Å². The van der Waals surface area contributed by atoms with E-state index < -0.39 is 0 Å². The van der Waals surface area contributed by atoms with E-state index in [2.05, 4.69) is 10.2 Å². The van der Waals surface area contributed by atoms with Crippen LogP contribution in [0.1, 0.15) is 30.0 Å². The van der Waals surface area contributed by atoms with Crippen molar-refractivity contribution in [3.8, 4) is 0 Å². The van der Waals surface area contributed by atoms with Gasteiger partial charge in [-0.25, -0.2) is 4.39 Å². The summed E-state index contributed by atoms with van der Waals surface area (Å²) < 4.78 is 18.7. The lowest BCUT2D eigenvalue weighted by Crippen LogP contribution is -2.25. The number of hydrogen-bond acceptors (Lipinski definition) is 5. The third-order valence-corrected chi connectivity index (χ3v) is 4.02. The van der Waals surface area contributed by atoms with Gasteiger partial charge in [0.15, 0.2) is 0 Å². The molecular formula is C13H16FN3OS. The fourth-order valence-corrected chi connectivity index (χ4v) is 2.86. The van der Waals surface area contributed by atoms with Crippen molar-refractivity contribution in [1.82, 2.24) is 10.2 Å². The Labute approximate surface area is 115 Å². The average Bonchev–Trinajstić information content (AvgIpc) is 2.80. The molecule has 1 heterocycles. The molecule has 0 saturated carbocycles. The van der Waals surface area contributed by atoms with Gasteiger partial charge in [0.1, 0.15) is 5.82 Å². The molecule has 2 N–H and O–H groups in total. The molecule has 0 fully saturated rings. The molecule has 19 heavy (non-hydrogen) atoms. The number of aromatic nitrogens is 2. The van der Waals surface area contributed by atoms with Crippen LogP contribution in [0.4, 0.5) is 4.39 Å². The number of nitrogens with zero attached hydrogens (tertiary/aromatic N) is 2. The van der Waals surface area contributed by atoms with E-state index >= 15 is 0 Å². The van der Waals surface area contributed by atoms with Crippen molar-refractivity contribution in [1.29, 1.82) is 0 Å². The maximum Gasteiger partial charge on any atom is 0.277 e. The minimum atomic E-state index is -0.270. The van der Waals surface area contributed by atoms with Crippen LogP contribution in [-0.2, 0) is 0 Å². The number of benzene rings is 1. The summed E-state index contributed by atoms with van der Waals surface area (Å²) in [6.45, 7) is 3.73. The third kappa shape index (κ3) is 3.54. The van der Waals surface area contributed by atoms with E-state index in [4.69, 9.17) is 10.2 Å². The molecule has 4 nitrogen and oxygen atoms in total. The second kappa shape index (κ2) is 6.16. The fourth-order valence-electron chi connectivity index (χ4n) is 1.73. The van der Waals surface area contributed by atoms with Gasteiger partial charge in [-0.2, -0.15) is 0 Å². The zero-order valence-electron chi connectivity index (χ0n) is 10.8. The fraction of sp³-hybridized carbons (Fsp3) is 0.385. The molecule has 0 aliphatic heterocycles. The molecule has 2 rings (SSSR count). The van der Waals surface area contributed by atoms with Crippen molar-refractivity contribution >= 4 is 11.8 Å². The lowest BCUT2D eigenvalue weighted by Gasteiger charge is -2.21. The highest BCUT2D eigenvalue weighted by Crippen LogP contribution is 2.37. The Morgan fingerprint density at radius 1 is 1.42 bits per heavy atom. The van der Waals surface area contributed by atoms with Crippen LogP contribution in [0.3, 0.4) is 0 Å². The first-order chi connectivity index (χ1) is 9.10. The summed E-state index contributed by atoms with van der Waals surface area (Å²) in [6.07, 6.45) is 0.779. The molecule has 0 amide bonds. The van der Waals surface area contributed by atoms with Crippen LogP contribution in [0.25, 0.3) is 0 Å². The Morgan fingerprint density at radius 3 is 2.79 bits per heavy atom. The molecule has 0 aliphatic carbocycles. The largest absolute Gasteiger partial charge is 0.416 e. The number of nitrogens with two attached hydrogens (primary N) is 1. The molecule has 1 aromatic carbocycles. The van der Waals surface area contributed by atoms with Gasteiger partial charge in [-0.15, -0.1) is 10.2 Å². The summed E-state index contributed by atoms with van der Waals surface area (Å²) in [6, 6.07) is 6.34. The highest BCUT2D eigenvalue weighted by atomic mass is 32.2. The monoisotopic (exact) mass is 281 g/mol. The van der Waals surface area contributed by atoms with E-state index in [0.29, 0.717) is 11.1 Å². The average molecular weight is 281 g/mol. The van der Waals surface area contributed by atoms with Crippen LogP contribution in [0.2, 0.25) is 0 Å². The Kier molecular flexibility index (Phi) is 4.55. The molecule has 1 aromatic heterocycles. The number of halogens is 1. The van der Waals surface area contributed by atoms with E-state index in [1.54, 1.807) is 13.0 Å². The van der Waals surface area contributed by atoms with Crippen molar-refractivity contribution in [2.45, 2.75) is 36.8 Å². The SMILES string of the molecule is CCC(N)C(Sc1nnc(C)o1)c1cccc(F)c1. The predicted octanol–water partition coefficient (Wildman–Crippen LogP) is 3.09. The second-order valence-corrected chi connectivity index (χ2v) is 5.35. The highest BCUT2D eigenvalue weighted by molar-refractivity contribution is 7.99. The third-order valence-electron chi connectivity index (χ3n) is 2.77. The second-order valence-electron chi connectivity index (χ2n) is 4.25. The minimum Gasteiger partial charge on any atom is -0.416 e. The van der Waals surface area contributed by atoms with Gasteiger partial charge in [0, 0.05) is 13.0 Å². The van der Waals surface area contributed by atoms with Crippen LogP contribution in [0, 0.1) is 12.7 Å². The van der Waals surface area contributed by atoms with E-state index in [0.717, 1.165) is 12.0 Å². The number of hydrogen-bond donors (Lipinski definition) is 1. The van der Waals surface area contributed by atoms with Gasteiger partial charge in [0.2, 0.25) is 5.89 Å². The smallest absolute Gasteiger partial charge is 0.277 e. The summed E-state index contributed by atoms with van der Waals surface area (Å²) in [4.78, 5) is 0. The number of rotatable bonds is 5. The van der Waals surface area contributed by atoms with Crippen LogP contribution in [0.5, 0.6) is 0 Å².